The first kappa shape index (κ1) is 21.2. The smallest absolute Gasteiger partial charge is 0.322 e. The lowest BCUT2D eigenvalue weighted by Gasteiger charge is -2.58. The maximum absolute atomic E-state index is 12.8. The molecule has 3 atom stereocenters. The number of nitrogens with one attached hydrogen (secondary N) is 1. The summed E-state index contributed by atoms with van der Waals surface area (Å²) in [6, 6.07) is 25.2. The van der Waals surface area contributed by atoms with Crippen molar-refractivity contribution in [2.24, 2.45) is 0 Å². The van der Waals surface area contributed by atoms with Crippen LogP contribution in [-0.4, -0.2) is 58.6 Å². The summed E-state index contributed by atoms with van der Waals surface area (Å²) >= 11 is 0. The number of rotatable bonds is 4. The third-order valence-electron chi connectivity index (χ3n) is 6.82. The Morgan fingerprint density at radius 3 is 2.39 bits per heavy atom. The molecule has 0 aliphatic carbocycles. The lowest BCUT2D eigenvalue weighted by Crippen LogP contribution is -2.73. The van der Waals surface area contributed by atoms with Crippen LogP contribution in [0.5, 0.6) is 0 Å². The molecular weight excluding hydrogens is 414 g/mol. The van der Waals surface area contributed by atoms with E-state index in [0.717, 1.165) is 11.1 Å². The Morgan fingerprint density at radius 2 is 1.70 bits per heavy atom. The van der Waals surface area contributed by atoms with Gasteiger partial charge in [0.1, 0.15) is 6.54 Å². The fourth-order valence-electron chi connectivity index (χ4n) is 5.16. The molecule has 2 heterocycles. The molecule has 2 aliphatic heterocycles. The lowest BCUT2D eigenvalue weighted by molar-refractivity contribution is -0.159. The summed E-state index contributed by atoms with van der Waals surface area (Å²) in [5.74, 6) is -0.140. The van der Waals surface area contributed by atoms with Crippen LogP contribution in [0.4, 0.5) is 10.5 Å². The van der Waals surface area contributed by atoms with Gasteiger partial charge in [-0.05, 0) is 41.3 Å². The number of aliphatic hydroxyl groups excluding tert-OH is 1. The van der Waals surface area contributed by atoms with Crippen molar-refractivity contribution in [1.82, 2.24) is 9.80 Å². The maximum atomic E-state index is 12.8. The molecule has 0 aromatic heterocycles. The molecule has 3 aromatic carbocycles. The summed E-state index contributed by atoms with van der Waals surface area (Å²) in [6.45, 7) is 2.45. The van der Waals surface area contributed by atoms with E-state index in [1.807, 2.05) is 42.5 Å². The Balaban J connectivity index is 1.35. The number of anilines is 1. The van der Waals surface area contributed by atoms with E-state index in [9.17, 15) is 14.7 Å². The summed E-state index contributed by atoms with van der Waals surface area (Å²) in [4.78, 5) is 29.0. The molecule has 0 bridgehead atoms. The molecule has 2 aliphatic rings. The fourth-order valence-corrected chi connectivity index (χ4v) is 5.16. The molecule has 0 radical (unpaired) electrons. The Labute approximate surface area is 193 Å². The van der Waals surface area contributed by atoms with Gasteiger partial charge in [0.25, 0.3) is 0 Å². The topological polar surface area (TPSA) is 72.9 Å². The second-order valence-corrected chi connectivity index (χ2v) is 8.76. The second-order valence-electron chi connectivity index (χ2n) is 8.76. The first-order chi connectivity index (χ1) is 16.1. The van der Waals surface area contributed by atoms with Crippen molar-refractivity contribution >= 4 is 17.6 Å². The fraction of sp³-hybridized carbons (Fsp3) is 0.259. The normalized spacial score (nSPS) is 21.9. The van der Waals surface area contributed by atoms with Crippen LogP contribution >= 0.6 is 0 Å². The summed E-state index contributed by atoms with van der Waals surface area (Å²) in [6.07, 6.45) is 0. The third kappa shape index (κ3) is 3.87. The highest BCUT2D eigenvalue weighted by Crippen LogP contribution is 2.43. The molecule has 3 aromatic rings. The molecule has 168 valence electrons. The van der Waals surface area contributed by atoms with Gasteiger partial charge >= 0.3 is 6.03 Å². The highest BCUT2D eigenvalue weighted by Gasteiger charge is 2.54. The summed E-state index contributed by atoms with van der Waals surface area (Å²) in [5.41, 5.74) is 5.31. The predicted molar refractivity (Wildman–Crippen MR) is 128 cm³/mol. The van der Waals surface area contributed by atoms with Gasteiger partial charge in [-0.25, -0.2) is 4.79 Å². The molecule has 33 heavy (non-hydrogen) atoms. The number of benzene rings is 3. The van der Waals surface area contributed by atoms with Crippen molar-refractivity contribution in [3.63, 3.8) is 0 Å². The molecule has 0 unspecified atom stereocenters. The van der Waals surface area contributed by atoms with Crippen molar-refractivity contribution in [3.8, 4) is 11.1 Å². The monoisotopic (exact) mass is 441 g/mol. The maximum Gasteiger partial charge on any atom is 0.322 e. The van der Waals surface area contributed by atoms with Gasteiger partial charge in [0.05, 0.1) is 18.7 Å². The lowest BCUT2D eigenvalue weighted by atomic mass is 9.73. The quantitative estimate of drug-likeness (QED) is 0.646. The number of urea groups is 1. The highest BCUT2D eigenvalue weighted by atomic mass is 16.3. The van der Waals surface area contributed by atoms with E-state index in [-0.39, 0.29) is 43.1 Å². The standard InChI is InChI=1S/C27H27N3O3/c1-18-7-5-6-10-22(18)19-11-13-20(14-12-19)26-23-15-29(16-25(32)30(23)24(26)17-31)27(33)28-21-8-3-2-4-9-21/h2-14,23-24,26,31H,15-17H2,1H3,(H,28,33)/t23-,24-,26+/m1/s1. The Bertz CT molecular complexity index is 1160. The van der Waals surface area contributed by atoms with Crippen LogP contribution < -0.4 is 5.32 Å². The van der Waals surface area contributed by atoms with Gasteiger partial charge in [0.15, 0.2) is 0 Å². The van der Waals surface area contributed by atoms with E-state index in [1.54, 1.807) is 9.80 Å². The minimum Gasteiger partial charge on any atom is -0.394 e. The zero-order valence-corrected chi connectivity index (χ0v) is 18.5. The SMILES string of the molecule is Cc1ccccc1-c1ccc([C@@H]2[C@@H](CO)N3C(=O)CN(C(=O)Nc4ccccc4)C[C@H]23)cc1. The molecule has 6 heteroatoms. The van der Waals surface area contributed by atoms with Crippen LogP contribution in [0.1, 0.15) is 17.0 Å². The number of para-hydroxylation sites is 1. The average Bonchev–Trinajstić information content (AvgIpc) is 2.82. The first-order valence-corrected chi connectivity index (χ1v) is 11.3. The van der Waals surface area contributed by atoms with E-state index < -0.39 is 0 Å². The first-order valence-electron chi connectivity index (χ1n) is 11.3. The van der Waals surface area contributed by atoms with Crippen molar-refractivity contribution in [3.05, 3.63) is 90.0 Å². The number of hydrogen-bond donors (Lipinski definition) is 2. The van der Waals surface area contributed by atoms with Crippen LogP contribution in [0.15, 0.2) is 78.9 Å². The van der Waals surface area contributed by atoms with Crippen molar-refractivity contribution in [2.75, 3.05) is 25.0 Å². The number of nitrogens with zero attached hydrogens (tertiary/aromatic N) is 2. The Morgan fingerprint density at radius 1 is 1.00 bits per heavy atom. The van der Waals surface area contributed by atoms with Crippen LogP contribution in [0.2, 0.25) is 0 Å². The number of amides is 3. The molecule has 0 spiro atoms. The van der Waals surface area contributed by atoms with E-state index in [2.05, 4.69) is 48.6 Å². The summed E-state index contributed by atoms with van der Waals surface area (Å²) < 4.78 is 0. The van der Waals surface area contributed by atoms with E-state index in [0.29, 0.717) is 12.2 Å². The van der Waals surface area contributed by atoms with Crippen LogP contribution in [0.3, 0.4) is 0 Å². The molecule has 3 amide bonds. The summed E-state index contributed by atoms with van der Waals surface area (Å²) in [7, 11) is 0. The number of piperazine rings is 1. The van der Waals surface area contributed by atoms with Gasteiger partial charge in [-0.15, -0.1) is 0 Å². The minimum atomic E-state index is -0.282. The summed E-state index contributed by atoms with van der Waals surface area (Å²) in [5, 5.41) is 12.9. The predicted octanol–water partition coefficient (Wildman–Crippen LogP) is 3.87. The van der Waals surface area contributed by atoms with Crippen molar-refractivity contribution in [2.45, 2.75) is 24.9 Å². The molecule has 2 N–H and O–H groups in total. The van der Waals surface area contributed by atoms with Gasteiger partial charge in [-0.2, -0.15) is 0 Å². The minimum absolute atomic E-state index is 0.0165. The van der Waals surface area contributed by atoms with Gasteiger partial charge in [-0.1, -0.05) is 66.7 Å². The molecule has 2 fully saturated rings. The molecule has 6 nitrogen and oxygen atoms in total. The largest absolute Gasteiger partial charge is 0.394 e. The molecule has 2 saturated heterocycles. The number of aliphatic hydroxyl groups is 1. The number of carbonyl (C=O) groups excluding carboxylic acids is 2. The van der Waals surface area contributed by atoms with Crippen molar-refractivity contribution in [1.29, 1.82) is 0 Å². The Kier molecular flexibility index (Phi) is 5.60. The van der Waals surface area contributed by atoms with Crippen molar-refractivity contribution < 1.29 is 14.7 Å². The van der Waals surface area contributed by atoms with Crippen LogP contribution in [0.25, 0.3) is 11.1 Å². The van der Waals surface area contributed by atoms with Gasteiger partial charge < -0.3 is 20.2 Å². The number of hydrogen-bond acceptors (Lipinski definition) is 3. The zero-order valence-electron chi connectivity index (χ0n) is 18.5. The van der Waals surface area contributed by atoms with Crippen LogP contribution in [-0.2, 0) is 4.79 Å². The van der Waals surface area contributed by atoms with Gasteiger partial charge in [-0.3, -0.25) is 4.79 Å². The van der Waals surface area contributed by atoms with E-state index in [4.69, 9.17) is 0 Å². The number of aryl methyl sites for hydroxylation is 1. The average molecular weight is 442 g/mol. The highest BCUT2D eigenvalue weighted by molar-refractivity contribution is 5.93. The molecule has 0 saturated carbocycles. The van der Waals surface area contributed by atoms with E-state index in [1.165, 1.54) is 11.1 Å². The van der Waals surface area contributed by atoms with Crippen LogP contribution in [0, 0.1) is 6.92 Å². The Hall–Kier alpha value is -3.64. The second kappa shape index (κ2) is 8.71. The molecular formula is C27H27N3O3. The number of fused-ring (bicyclic) bond motifs is 1. The zero-order chi connectivity index (χ0) is 22.9. The van der Waals surface area contributed by atoms with E-state index >= 15 is 0 Å². The number of carbonyl (C=O) groups is 2. The van der Waals surface area contributed by atoms with Gasteiger partial charge in [0, 0.05) is 18.2 Å². The molecule has 5 rings (SSSR count). The third-order valence-corrected chi connectivity index (χ3v) is 6.82. The van der Waals surface area contributed by atoms with Gasteiger partial charge in [0.2, 0.25) is 5.91 Å².